The molecule has 0 amide bonds. The maximum absolute atomic E-state index is 6.07. The van der Waals surface area contributed by atoms with Crippen LogP contribution >= 0.6 is 0 Å². The summed E-state index contributed by atoms with van der Waals surface area (Å²) >= 11 is 0. The zero-order valence-electron chi connectivity index (χ0n) is 23.8. The first-order valence-corrected chi connectivity index (χ1v) is 16.1. The first-order valence-electron chi connectivity index (χ1n) is 16.1. The lowest BCUT2D eigenvalue weighted by Gasteiger charge is -2.37. The van der Waals surface area contributed by atoms with Crippen LogP contribution in [0.3, 0.4) is 0 Å². The third-order valence-corrected chi connectivity index (χ3v) is 10.2. The molecule has 1 heteroatoms. The molecule has 0 spiro atoms. The van der Waals surface area contributed by atoms with Crippen molar-refractivity contribution < 1.29 is 4.74 Å². The fourth-order valence-corrected chi connectivity index (χ4v) is 7.86. The normalized spacial score (nSPS) is 31.5. The van der Waals surface area contributed by atoms with Gasteiger partial charge in [0.1, 0.15) is 12.4 Å². The van der Waals surface area contributed by atoms with Crippen molar-refractivity contribution in [3.63, 3.8) is 0 Å². The lowest BCUT2D eigenvalue weighted by molar-refractivity contribution is 0.152. The fraction of sp³-hybridized carbons (Fsp3) is 0.771. The number of hydrogen-bond acceptors (Lipinski definition) is 1. The van der Waals surface area contributed by atoms with E-state index in [1.807, 2.05) is 0 Å². The smallest absolute Gasteiger partial charge is 0.119 e. The molecule has 0 atom stereocenters. The van der Waals surface area contributed by atoms with Crippen LogP contribution in [0.25, 0.3) is 0 Å². The summed E-state index contributed by atoms with van der Waals surface area (Å²) in [6, 6.07) is 9.07. The van der Waals surface area contributed by atoms with E-state index in [2.05, 4.69) is 50.3 Å². The van der Waals surface area contributed by atoms with E-state index in [-0.39, 0.29) is 0 Å². The topological polar surface area (TPSA) is 9.23 Å². The van der Waals surface area contributed by atoms with E-state index in [4.69, 9.17) is 4.74 Å². The minimum absolute atomic E-state index is 0.712. The molecule has 3 saturated carbocycles. The highest BCUT2D eigenvalue weighted by Gasteiger charge is 2.30. The Kier molecular flexibility index (Phi) is 11.8. The average molecular weight is 493 g/mol. The number of allylic oxidation sites excluding steroid dienone is 1. The predicted octanol–water partition coefficient (Wildman–Crippen LogP) is 10.9. The summed E-state index contributed by atoms with van der Waals surface area (Å²) in [4.78, 5) is 0. The third kappa shape index (κ3) is 8.66. The van der Waals surface area contributed by atoms with E-state index in [9.17, 15) is 0 Å². The molecule has 0 aromatic heterocycles. The van der Waals surface area contributed by atoms with Gasteiger partial charge >= 0.3 is 0 Å². The van der Waals surface area contributed by atoms with Crippen molar-refractivity contribution in [2.45, 2.75) is 135 Å². The summed E-state index contributed by atoms with van der Waals surface area (Å²) in [7, 11) is 0. The first kappa shape index (κ1) is 27.8. The van der Waals surface area contributed by atoms with Gasteiger partial charge in [0.25, 0.3) is 0 Å². The summed E-state index contributed by atoms with van der Waals surface area (Å²) in [5, 5.41) is 0. The molecule has 1 nitrogen and oxygen atoms in total. The molecule has 0 heterocycles. The van der Waals surface area contributed by atoms with Gasteiger partial charge in [-0.2, -0.15) is 0 Å². The second kappa shape index (κ2) is 15.2. The van der Waals surface area contributed by atoms with E-state index in [1.165, 1.54) is 121 Å². The van der Waals surface area contributed by atoms with Crippen LogP contribution in [0, 0.1) is 29.6 Å². The molecule has 1 aromatic rings. The Morgan fingerprint density at radius 1 is 0.667 bits per heavy atom. The van der Waals surface area contributed by atoms with Gasteiger partial charge in [-0.05, 0) is 117 Å². The Hall–Kier alpha value is -1.24. The molecule has 0 saturated heterocycles. The average Bonchev–Trinajstić information content (AvgIpc) is 2.93. The van der Waals surface area contributed by atoms with Crippen molar-refractivity contribution in [3.05, 3.63) is 42.0 Å². The van der Waals surface area contributed by atoms with Gasteiger partial charge in [-0.3, -0.25) is 0 Å². The summed E-state index contributed by atoms with van der Waals surface area (Å²) in [6.07, 6.45) is 30.6. The molecule has 0 radical (unpaired) electrons. The SMILES string of the molecule is CCCCCC1CCC(c2ccc(OC/C=C/C3CCC(C4CCC(CCC)CC4)CC3)cc2)CC1. The highest BCUT2D eigenvalue weighted by molar-refractivity contribution is 5.30. The van der Waals surface area contributed by atoms with Crippen LogP contribution < -0.4 is 4.74 Å². The number of ether oxygens (including phenoxy) is 1. The first-order chi connectivity index (χ1) is 17.7. The number of benzene rings is 1. The van der Waals surface area contributed by atoms with E-state index in [0.29, 0.717) is 6.61 Å². The van der Waals surface area contributed by atoms with Gasteiger partial charge in [-0.1, -0.05) is 89.5 Å². The molecule has 0 N–H and O–H groups in total. The van der Waals surface area contributed by atoms with Gasteiger partial charge in [0.2, 0.25) is 0 Å². The van der Waals surface area contributed by atoms with E-state index < -0.39 is 0 Å². The van der Waals surface area contributed by atoms with Gasteiger partial charge in [0, 0.05) is 0 Å². The van der Waals surface area contributed by atoms with Gasteiger partial charge in [-0.15, -0.1) is 0 Å². The zero-order valence-corrected chi connectivity index (χ0v) is 23.8. The van der Waals surface area contributed by atoms with Crippen LogP contribution in [0.4, 0.5) is 0 Å². The molecule has 3 aliphatic carbocycles. The van der Waals surface area contributed by atoms with Gasteiger partial charge in [-0.25, -0.2) is 0 Å². The van der Waals surface area contributed by atoms with Crippen LogP contribution in [-0.4, -0.2) is 6.61 Å². The van der Waals surface area contributed by atoms with Gasteiger partial charge in [0.15, 0.2) is 0 Å². The van der Waals surface area contributed by atoms with Crippen LogP contribution in [0.1, 0.15) is 141 Å². The minimum atomic E-state index is 0.712. The highest BCUT2D eigenvalue weighted by Crippen LogP contribution is 2.42. The molecule has 4 rings (SSSR count). The minimum Gasteiger partial charge on any atom is -0.490 e. The quantitative estimate of drug-likeness (QED) is 0.208. The standard InChI is InChI=1S/C35H56O/c1-3-5-6-9-29-13-19-33(20-14-29)34-23-25-35(26-24-34)36-27-7-10-30-15-21-32(22-16-30)31-17-11-28(8-4-2)12-18-31/h7,10,23-26,28-33H,3-6,8-9,11-22,27H2,1-2H3/b10-7+. The molecule has 0 unspecified atom stereocenters. The molecule has 3 fully saturated rings. The number of rotatable bonds is 12. The summed E-state index contributed by atoms with van der Waals surface area (Å²) in [6.45, 7) is 5.37. The van der Waals surface area contributed by atoms with Crippen molar-refractivity contribution in [2.24, 2.45) is 29.6 Å². The van der Waals surface area contributed by atoms with Crippen molar-refractivity contribution >= 4 is 0 Å². The van der Waals surface area contributed by atoms with Gasteiger partial charge < -0.3 is 4.74 Å². The number of unbranched alkanes of at least 4 members (excludes halogenated alkanes) is 2. The summed E-state index contributed by atoms with van der Waals surface area (Å²) < 4.78 is 6.07. The second-order valence-electron chi connectivity index (χ2n) is 12.8. The molecular formula is C35H56O. The van der Waals surface area contributed by atoms with Crippen LogP contribution in [-0.2, 0) is 0 Å². The monoisotopic (exact) mass is 492 g/mol. The Bertz CT molecular complexity index is 724. The van der Waals surface area contributed by atoms with Crippen molar-refractivity contribution in [1.29, 1.82) is 0 Å². The van der Waals surface area contributed by atoms with E-state index >= 15 is 0 Å². The fourth-order valence-electron chi connectivity index (χ4n) is 7.86. The maximum atomic E-state index is 6.07. The van der Waals surface area contributed by atoms with Crippen molar-refractivity contribution in [3.8, 4) is 5.75 Å². The molecular weight excluding hydrogens is 436 g/mol. The summed E-state index contributed by atoms with van der Waals surface area (Å²) in [5.41, 5.74) is 1.53. The Morgan fingerprint density at radius 3 is 1.92 bits per heavy atom. The van der Waals surface area contributed by atoms with Crippen LogP contribution in [0.15, 0.2) is 36.4 Å². The molecule has 0 aliphatic heterocycles. The second-order valence-corrected chi connectivity index (χ2v) is 12.8. The molecule has 1 aromatic carbocycles. The van der Waals surface area contributed by atoms with E-state index in [1.54, 1.807) is 0 Å². The Labute approximate surface area is 223 Å². The van der Waals surface area contributed by atoms with Gasteiger partial charge in [0.05, 0.1) is 0 Å². The Morgan fingerprint density at radius 2 is 1.28 bits per heavy atom. The molecule has 36 heavy (non-hydrogen) atoms. The van der Waals surface area contributed by atoms with Crippen molar-refractivity contribution in [2.75, 3.05) is 6.61 Å². The molecule has 202 valence electrons. The number of hydrogen-bond donors (Lipinski definition) is 0. The summed E-state index contributed by atoms with van der Waals surface area (Å²) in [5.74, 6) is 6.66. The lowest BCUT2D eigenvalue weighted by atomic mass is 9.69. The Balaban J connectivity index is 1.10. The van der Waals surface area contributed by atoms with E-state index in [0.717, 1.165) is 41.3 Å². The molecule has 0 bridgehead atoms. The van der Waals surface area contributed by atoms with Crippen LogP contribution in [0.2, 0.25) is 0 Å². The third-order valence-electron chi connectivity index (χ3n) is 10.2. The molecule has 3 aliphatic rings. The largest absolute Gasteiger partial charge is 0.490 e. The zero-order chi connectivity index (χ0) is 25.0. The lowest BCUT2D eigenvalue weighted by Crippen LogP contribution is -2.25. The highest BCUT2D eigenvalue weighted by atomic mass is 16.5. The van der Waals surface area contributed by atoms with Crippen LogP contribution in [0.5, 0.6) is 5.75 Å². The van der Waals surface area contributed by atoms with Crippen molar-refractivity contribution in [1.82, 2.24) is 0 Å². The predicted molar refractivity (Wildman–Crippen MR) is 156 cm³/mol. The maximum Gasteiger partial charge on any atom is 0.119 e.